The molecule has 16 heavy (non-hydrogen) atoms. The summed E-state index contributed by atoms with van der Waals surface area (Å²) in [5.74, 6) is 0.784. The van der Waals surface area contributed by atoms with E-state index in [9.17, 15) is 4.79 Å². The van der Waals surface area contributed by atoms with Crippen molar-refractivity contribution in [3.05, 3.63) is 52.8 Å². The third-order valence-electron chi connectivity index (χ3n) is 2.25. The van der Waals surface area contributed by atoms with E-state index in [0.717, 1.165) is 17.0 Å². The van der Waals surface area contributed by atoms with Crippen molar-refractivity contribution in [2.24, 2.45) is 0 Å². The maximum atomic E-state index is 11.2. The number of H-pyrrole nitrogens is 1. The summed E-state index contributed by atoms with van der Waals surface area (Å²) >= 11 is 0. The fraction of sp³-hybridized carbons (Fsp3) is 0.154. The fourth-order valence-corrected chi connectivity index (χ4v) is 1.58. The van der Waals surface area contributed by atoms with Gasteiger partial charge >= 0.3 is 0 Å². The van der Waals surface area contributed by atoms with Crippen molar-refractivity contribution < 1.29 is 4.74 Å². The van der Waals surface area contributed by atoms with Gasteiger partial charge in [-0.15, -0.1) is 0 Å². The number of benzene rings is 1. The molecule has 1 aromatic heterocycles. The first-order valence-electron chi connectivity index (χ1n) is 5.23. The molecule has 1 aromatic carbocycles. The zero-order valence-electron chi connectivity index (χ0n) is 9.07. The molecule has 2 aromatic rings. The molecule has 0 aliphatic rings. The van der Waals surface area contributed by atoms with E-state index in [2.05, 4.69) is 4.98 Å². The Bertz CT molecular complexity index is 531. The summed E-state index contributed by atoms with van der Waals surface area (Å²) in [6, 6.07) is 12.7. The average Bonchev–Trinajstić information content (AvgIpc) is 2.30. The van der Waals surface area contributed by atoms with Gasteiger partial charge in [0.1, 0.15) is 5.75 Å². The highest BCUT2D eigenvalue weighted by molar-refractivity contribution is 5.66. The van der Waals surface area contributed by atoms with Crippen LogP contribution in [0, 0.1) is 0 Å². The Kier molecular flexibility index (Phi) is 3.05. The second kappa shape index (κ2) is 4.66. The van der Waals surface area contributed by atoms with Crippen LogP contribution in [-0.4, -0.2) is 11.6 Å². The topological polar surface area (TPSA) is 42.1 Å². The van der Waals surface area contributed by atoms with E-state index < -0.39 is 0 Å². The lowest BCUT2D eigenvalue weighted by molar-refractivity contribution is 0.341. The molecule has 0 amide bonds. The van der Waals surface area contributed by atoms with Crippen LogP contribution in [0.25, 0.3) is 11.3 Å². The average molecular weight is 215 g/mol. The molecule has 1 heterocycles. The largest absolute Gasteiger partial charge is 0.493 e. The van der Waals surface area contributed by atoms with Crippen molar-refractivity contribution in [2.75, 3.05) is 6.61 Å². The Labute approximate surface area is 93.7 Å². The minimum atomic E-state index is -0.108. The van der Waals surface area contributed by atoms with Crippen LogP contribution in [0.3, 0.4) is 0 Å². The highest BCUT2D eigenvalue weighted by Gasteiger charge is 2.05. The van der Waals surface area contributed by atoms with Gasteiger partial charge in [0.2, 0.25) is 5.56 Å². The van der Waals surface area contributed by atoms with Crippen LogP contribution >= 0.6 is 0 Å². The van der Waals surface area contributed by atoms with Gasteiger partial charge in [-0.1, -0.05) is 18.2 Å². The maximum Gasteiger partial charge on any atom is 0.248 e. The highest BCUT2D eigenvalue weighted by Crippen LogP contribution is 2.27. The number of pyridine rings is 1. The molecule has 0 saturated heterocycles. The lowest BCUT2D eigenvalue weighted by atomic mass is 10.1. The van der Waals surface area contributed by atoms with Crippen LogP contribution in [0.2, 0.25) is 0 Å². The van der Waals surface area contributed by atoms with Crippen molar-refractivity contribution in [1.29, 1.82) is 0 Å². The van der Waals surface area contributed by atoms with Crippen LogP contribution in [0.1, 0.15) is 6.92 Å². The summed E-state index contributed by atoms with van der Waals surface area (Å²) < 4.78 is 5.51. The Balaban J connectivity index is 2.51. The van der Waals surface area contributed by atoms with Gasteiger partial charge in [0, 0.05) is 11.6 Å². The van der Waals surface area contributed by atoms with Gasteiger partial charge in [-0.05, 0) is 25.1 Å². The molecule has 0 spiro atoms. The van der Waals surface area contributed by atoms with E-state index in [-0.39, 0.29) is 5.56 Å². The summed E-state index contributed by atoms with van der Waals surface area (Å²) in [6.45, 7) is 2.54. The second-order valence-electron chi connectivity index (χ2n) is 3.36. The molecule has 0 fully saturated rings. The maximum absolute atomic E-state index is 11.2. The molecule has 0 saturated carbocycles. The first-order chi connectivity index (χ1) is 7.81. The van der Waals surface area contributed by atoms with Crippen molar-refractivity contribution in [3.63, 3.8) is 0 Å². The summed E-state index contributed by atoms with van der Waals surface area (Å²) in [7, 11) is 0. The van der Waals surface area contributed by atoms with Crippen LogP contribution in [0.5, 0.6) is 5.75 Å². The van der Waals surface area contributed by atoms with Crippen LogP contribution in [0.4, 0.5) is 0 Å². The predicted molar refractivity (Wildman–Crippen MR) is 63.7 cm³/mol. The molecule has 0 unspecified atom stereocenters. The van der Waals surface area contributed by atoms with Gasteiger partial charge < -0.3 is 9.72 Å². The second-order valence-corrected chi connectivity index (χ2v) is 3.36. The number of ether oxygens (including phenoxy) is 1. The zero-order chi connectivity index (χ0) is 11.4. The monoisotopic (exact) mass is 215 g/mol. The first kappa shape index (κ1) is 10.5. The number of aromatic nitrogens is 1. The van der Waals surface area contributed by atoms with Gasteiger partial charge in [-0.2, -0.15) is 0 Å². The molecule has 0 aliphatic carbocycles. The van der Waals surface area contributed by atoms with Crippen LogP contribution < -0.4 is 10.3 Å². The molecular weight excluding hydrogens is 202 g/mol. The predicted octanol–water partition coefficient (Wildman–Crippen LogP) is 2.44. The minimum absolute atomic E-state index is 0.108. The van der Waals surface area contributed by atoms with Crippen molar-refractivity contribution in [1.82, 2.24) is 4.98 Å². The Morgan fingerprint density at radius 1 is 1.12 bits per heavy atom. The molecule has 0 bridgehead atoms. The standard InChI is InChI=1S/C13H13NO2/c1-2-16-12-8-4-3-6-10(12)11-7-5-9-13(15)14-11/h3-9H,2H2,1H3,(H,14,15). The van der Waals surface area contributed by atoms with Gasteiger partial charge in [-0.3, -0.25) is 4.79 Å². The number of nitrogens with one attached hydrogen (secondary N) is 1. The van der Waals surface area contributed by atoms with Gasteiger partial charge in [-0.25, -0.2) is 0 Å². The first-order valence-corrected chi connectivity index (χ1v) is 5.23. The number of aromatic amines is 1. The molecule has 0 aliphatic heterocycles. The van der Waals surface area contributed by atoms with E-state index in [4.69, 9.17) is 4.74 Å². The SMILES string of the molecule is CCOc1ccccc1-c1cccc(=O)[nH]1. The molecule has 1 N–H and O–H groups in total. The summed E-state index contributed by atoms with van der Waals surface area (Å²) in [5, 5.41) is 0. The zero-order valence-corrected chi connectivity index (χ0v) is 9.07. The Morgan fingerprint density at radius 3 is 2.69 bits per heavy atom. The normalized spacial score (nSPS) is 10.1. The Hall–Kier alpha value is -2.03. The molecule has 3 nitrogen and oxygen atoms in total. The van der Waals surface area contributed by atoms with E-state index in [1.54, 1.807) is 6.07 Å². The fourth-order valence-electron chi connectivity index (χ4n) is 1.58. The smallest absolute Gasteiger partial charge is 0.248 e. The molecule has 82 valence electrons. The molecule has 3 heteroatoms. The minimum Gasteiger partial charge on any atom is -0.493 e. The Morgan fingerprint density at radius 2 is 1.94 bits per heavy atom. The van der Waals surface area contributed by atoms with Crippen molar-refractivity contribution in [2.45, 2.75) is 6.92 Å². The molecule has 0 radical (unpaired) electrons. The quantitative estimate of drug-likeness (QED) is 0.854. The lowest BCUT2D eigenvalue weighted by Crippen LogP contribution is -2.04. The van der Waals surface area contributed by atoms with Crippen LogP contribution in [-0.2, 0) is 0 Å². The van der Waals surface area contributed by atoms with Gasteiger partial charge in [0.25, 0.3) is 0 Å². The summed E-state index contributed by atoms with van der Waals surface area (Å²) in [4.78, 5) is 14.0. The summed E-state index contributed by atoms with van der Waals surface area (Å²) in [6.07, 6.45) is 0. The number of para-hydroxylation sites is 1. The summed E-state index contributed by atoms with van der Waals surface area (Å²) in [5.41, 5.74) is 1.57. The number of hydrogen-bond donors (Lipinski definition) is 1. The van der Waals surface area contributed by atoms with Crippen molar-refractivity contribution >= 4 is 0 Å². The third-order valence-corrected chi connectivity index (χ3v) is 2.25. The van der Waals surface area contributed by atoms with E-state index in [1.165, 1.54) is 6.07 Å². The van der Waals surface area contributed by atoms with Crippen molar-refractivity contribution in [3.8, 4) is 17.0 Å². The van der Waals surface area contributed by atoms with Gasteiger partial charge in [0.05, 0.1) is 12.3 Å². The molecule has 2 rings (SSSR count). The van der Waals surface area contributed by atoms with Crippen LogP contribution in [0.15, 0.2) is 47.3 Å². The highest BCUT2D eigenvalue weighted by atomic mass is 16.5. The molecular formula is C13H13NO2. The lowest BCUT2D eigenvalue weighted by Gasteiger charge is -2.09. The molecule has 0 atom stereocenters. The van der Waals surface area contributed by atoms with Gasteiger partial charge in [0.15, 0.2) is 0 Å². The van der Waals surface area contributed by atoms with E-state index >= 15 is 0 Å². The van der Waals surface area contributed by atoms with E-state index in [0.29, 0.717) is 6.61 Å². The number of hydrogen-bond acceptors (Lipinski definition) is 2. The third kappa shape index (κ3) is 2.14. The van der Waals surface area contributed by atoms with E-state index in [1.807, 2.05) is 37.3 Å². The number of rotatable bonds is 3.